The molecule has 0 aliphatic carbocycles. The molecule has 2 bridgehead atoms. The summed E-state index contributed by atoms with van der Waals surface area (Å²) in [6.45, 7) is 3.04. The van der Waals surface area contributed by atoms with Crippen LogP contribution in [0, 0.1) is 6.92 Å². The average Bonchev–Trinajstić information content (AvgIpc) is 2.68. The fraction of sp³-hybridized carbons (Fsp3) is 0.667. The number of nitrogens with one attached hydrogen (secondary N) is 1. The van der Waals surface area contributed by atoms with Crippen LogP contribution in [0.2, 0.25) is 0 Å². The first kappa shape index (κ1) is 12.1. The number of rotatable bonds is 3. The van der Waals surface area contributed by atoms with Crippen LogP contribution >= 0.6 is 0 Å². The van der Waals surface area contributed by atoms with Gasteiger partial charge in [0.15, 0.2) is 0 Å². The smallest absolute Gasteiger partial charge is 0.0547 e. The first-order valence-electron chi connectivity index (χ1n) is 7.09. The second-order valence-corrected chi connectivity index (χ2v) is 5.95. The van der Waals surface area contributed by atoms with Gasteiger partial charge in [0, 0.05) is 30.4 Å². The Bertz CT molecular complexity index is 406. The van der Waals surface area contributed by atoms with Gasteiger partial charge in [0.1, 0.15) is 0 Å². The maximum Gasteiger partial charge on any atom is 0.0547 e. The highest BCUT2D eigenvalue weighted by molar-refractivity contribution is 5.10. The van der Waals surface area contributed by atoms with Crippen LogP contribution in [0.4, 0.5) is 0 Å². The molecule has 3 rings (SSSR count). The highest BCUT2D eigenvalue weighted by Crippen LogP contribution is 2.29. The molecule has 0 radical (unpaired) electrons. The van der Waals surface area contributed by atoms with Crippen LogP contribution in [0.15, 0.2) is 18.2 Å². The van der Waals surface area contributed by atoms with Crippen LogP contribution < -0.4 is 5.32 Å². The van der Waals surface area contributed by atoms with Gasteiger partial charge >= 0.3 is 0 Å². The second kappa shape index (κ2) is 4.98. The van der Waals surface area contributed by atoms with Gasteiger partial charge < -0.3 is 5.32 Å². The van der Waals surface area contributed by atoms with E-state index in [9.17, 15) is 0 Å². The summed E-state index contributed by atoms with van der Waals surface area (Å²) in [4.78, 5) is 7.10. The van der Waals surface area contributed by atoms with Crippen molar-refractivity contribution in [2.24, 2.45) is 0 Å². The van der Waals surface area contributed by atoms with Crippen molar-refractivity contribution < 1.29 is 0 Å². The molecule has 2 aliphatic rings. The number of pyridine rings is 1. The van der Waals surface area contributed by atoms with Crippen molar-refractivity contribution in [3.05, 3.63) is 29.6 Å². The van der Waals surface area contributed by atoms with E-state index in [0.717, 1.165) is 30.4 Å². The predicted molar refractivity (Wildman–Crippen MR) is 73.4 cm³/mol. The maximum absolute atomic E-state index is 4.60. The SMILES string of the molecule is Cc1cccc(CN(C)C2CC3CCC(C2)N3)n1. The van der Waals surface area contributed by atoms with Gasteiger partial charge in [0.05, 0.1) is 5.69 Å². The lowest BCUT2D eigenvalue weighted by atomic mass is 9.98. The number of aromatic nitrogens is 1. The molecule has 2 atom stereocenters. The quantitative estimate of drug-likeness (QED) is 0.884. The Balaban J connectivity index is 1.63. The summed E-state index contributed by atoms with van der Waals surface area (Å²) in [7, 11) is 2.25. The highest BCUT2D eigenvalue weighted by atomic mass is 15.2. The van der Waals surface area contributed by atoms with E-state index in [4.69, 9.17) is 0 Å². The molecule has 1 N–H and O–H groups in total. The van der Waals surface area contributed by atoms with Gasteiger partial charge in [-0.25, -0.2) is 0 Å². The van der Waals surface area contributed by atoms with E-state index < -0.39 is 0 Å². The van der Waals surface area contributed by atoms with Gasteiger partial charge in [-0.2, -0.15) is 0 Å². The van der Waals surface area contributed by atoms with E-state index >= 15 is 0 Å². The van der Waals surface area contributed by atoms with Gasteiger partial charge in [0.25, 0.3) is 0 Å². The molecule has 2 unspecified atom stereocenters. The van der Waals surface area contributed by atoms with Crippen molar-refractivity contribution in [3.63, 3.8) is 0 Å². The predicted octanol–water partition coefficient (Wildman–Crippen LogP) is 2.10. The number of aryl methyl sites for hydroxylation is 1. The third kappa shape index (κ3) is 2.57. The average molecular weight is 245 g/mol. The largest absolute Gasteiger partial charge is 0.311 e. The van der Waals surface area contributed by atoms with E-state index in [1.165, 1.54) is 31.4 Å². The Morgan fingerprint density at radius 1 is 1.28 bits per heavy atom. The minimum absolute atomic E-state index is 0.728. The molecule has 0 spiro atoms. The van der Waals surface area contributed by atoms with Crippen molar-refractivity contribution in [2.75, 3.05) is 7.05 Å². The van der Waals surface area contributed by atoms with Crippen molar-refractivity contribution >= 4 is 0 Å². The molecule has 3 nitrogen and oxygen atoms in total. The summed E-state index contributed by atoms with van der Waals surface area (Å²) >= 11 is 0. The molecule has 18 heavy (non-hydrogen) atoms. The summed E-state index contributed by atoms with van der Waals surface area (Å²) in [5, 5.41) is 3.71. The number of fused-ring (bicyclic) bond motifs is 2. The molecule has 0 amide bonds. The monoisotopic (exact) mass is 245 g/mol. The Morgan fingerprint density at radius 3 is 2.67 bits per heavy atom. The first-order valence-corrected chi connectivity index (χ1v) is 7.09. The fourth-order valence-corrected chi connectivity index (χ4v) is 3.46. The van der Waals surface area contributed by atoms with Gasteiger partial charge in [-0.15, -0.1) is 0 Å². The fourth-order valence-electron chi connectivity index (χ4n) is 3.46. The van der Waals surface area contributed by atoms with E-state index in [1.54, 1.807) is 0 Å². The van der Waals surface area contributed by atoms with Crippen molar-refractivity contribution in [3.8, 4) is 0 Å². The molecule has 3 heteroatoms. The van der Waals surface area contributed by atoms with Gasteiger partial charge in [-0.05, 0) is 51.8 Å². The molecule has 1 aromatic heterocycles. The topological polar surface area (TPSA) is 28.2 Å². The minimum atomic E-state index is 0.728. The van der Waals surface area contributed by atoms with Crippen LogP contribution in [0.25, 0.3) is 0 Å². The minimum Gasteiger partial charge on any atom is -0.311 e. The van der Waals surface area contributed by atoms with Crippen molar-refractivity contribution in [2.45, 2.75) is 57.3 Å². The third-order valence-electron chi connectivity index (χ3n) is 4.43. The summed E-state index contributed by atoms with van der Waals surface area (Å²) in [5.41, 5.74) is 2.31. The standard InChI is InChI=1S/C15H23N3/c1-11-4-3-5-14(16-11)10-18(2)15-8-12-6-7-13(9-15)17-12/h3-5,12-13,15,17H,6-10H2,1-2H3. The van der Waals surface area contributed by atoms with Crippen LogP contribution in [0.3, 0.4) is 0 Å². The molecule has 3 heterocycles. The molecule has 98 valence electrons. The molecule has 2 saturated heterocycles. The highest BCUT2D eigenvalue weighted by Gasteiger charge is 2.34. The Hall–Kier alpha value is -0.930. The molecular formula is C15H23N3. The zero-order valence-corrected chi connectivity index (χ0v) is 11.4. The molecule has 1 aromatic rings. The van der Waals surface area contributed by atoms with Crippen molar-refractivity contribution in [1.82, 2.24) is 15.2 Å². The molecule has 0 saturated carbocycles. The molecule has 0 aromatic carbocycles. The molecule has 2 fully saturated rings. The lowest BCUT2D eigenvalue weighted by molar-refractivity contribution is 0.164. The zero-order chi connectivity index (χ0) is 12.5. The Morgan fingerprint density at radius 2 is 2.00 bits per heavy atom. The lowest BCUT2D eigenvalue weighted by Gasteiger charge is -2.35. The zero-order valence-electron chi connectivity index (χ0n) is 11.4. The molecule has 2 aliphatic heterocycles. The number of hydrogen-bond acceptors (Lipinski definition) is 3. The van der Waals surface area contributed by atoms with Crippen LogP contribution in [0.1, 0.15) is 37.1 Å². The maximum atomic E-state index is 4.60. The first-order chi connectivity index (χ1) is 8.70. The van der Waals surface area contributed by atoms with E-state index in [0.29, 0.717) is 0 Å². The van der Waals surface area contributed by atoms with E-state index in [1.807, 2.05) is 0 Å². The van der Waals surface area contributed by atoms with Crippen LogP contribution in [0.5, 0.6) is 0 Å². The van der Waals surface area contributed by atoms with Crippen LogP contribution in [-0.4, -0.2) is 35.1 Å². The lowest BCUT2D eigenvalue weighted by Crippen LogP contribution is -2.46. The Kier molecular flexibility index (Phi) is 3.35. The van der Waals surface area contributed by atoms with E-state index in [2.05, 4.69) is 47.4 Å². The number of nitrogens with zero attached hydrogens (tertiary/aromatic N) is 2. The summed E-state index contributed by atoms with van der Waals surface area (Å²) in [6, 6.07) is 8.57. The second-order valence-electron chi connectivity index (χ2n) is 5.95. The summed E-state index contributed by atoms with van der Waals surface area (Å²) in [6.07, 6.45) is 5.35. The van der Waals surface area contributed by atoms with Crippen LogP contribution in [-0.2, 0) is 6.54 Å². The summed E-state index contributed by atoms with van der Waals surface area (Å²) in [5.74, 6) is 0. The number of piperidine rings is 1. The van der Waals surface area contributed by atoms with Gasteiger partial charge in [-0.3, -0.25) is 9.88 Å². The van der Waals surface area contributed by atoms with Gasteiger partial charge in [0.2, 0.25) is 0 Å². The normalized spacial score (nSPS) is 30.9. The summed E-state index contributed by atoms with van der Waals surface area (Å²) < 4.78 is 0. The number of hydrogen-bond donors (Lipinski definition) is 1. The van der Waals surface area contributed by atoms with Crippen molar-refractivity contribution in [1.29, 1.82) is 0 Å². The van der Waals surface area contributed by atoms with E-state index in [-0.39, 0.29) is 0 Å². The molecular weight excluding hydrogens is 222 g/mol. The Labute approximate surface area is 110 Å². The van der Waals surface area contributed by atoms with Gasteiger partial charge in [-0.1, -0.05) is 6.07 Å². The third-order valence-corrected chi connectivity index (χ3v) is 4.43.